The predicted octanol–water partition coefficient (Wildman–Crippen LogP) is 7.18. The first-order valence-electron chi connectivity index (χ1n) is 9.50. The van der Waals surface area contributed by atoms with Gasteiger partial charge in [0.1, 0.15) is 11.6 Å². The Hall–Kier alpha value is -2.22. The number of halogens is 3. The fraction of sp³-hybridized carbons (Fsp3) is 0.125. The Morgan fingerprint density at radius 1 is 0.968 bits per heavy atom. The molecule has 0 fully saturated rings. The standard InChI is InChI=1S/C24H20BrFN2OS.BrH/c1-29-22-12-2-17(3-13-22)14-15-28-23(18-4-6-19(25)7-5-18)16-30-24(28)27-21-10-8-20(26)9-11-21;/h2-13,16H,14-15H2,1H3;1H. The molecule has 1 heterocycles. The zero-order valence-electron chi connectivity index (χ0n) is 16.8. The van der Waals surface area contributed by atoms with Crippen LogP contribution in [-0.4, -0.2) is 11.7 Å². The van der Waals surface area contributed by atoms with Gasteiger partial charge in [-0.15, -0.1) is 28.3 Å². The van der Waals surface area contributed by atoms with Crippen molar-refractivity contribution in [2.45, 2.75) is 13.0 Å². The summed E-state index contributed by atoms with van der Waals surface area (Å²) in [5, 5.41) is 2.12. The van der Waals surface area contributed by atoms with Crippen LogP contribution in [0.5, 0.6) is 5.75 Å². The summed E-state index contributed by atoms with van der Waals surface area (Å²) in [6.45, 7) is 0.779. The summed E-state index contributed by atoms with van der Waals surface area (Å²) in [6.07, 6.45) is 0.862. The van der Waals surface area contributed by atoms with Crippen LogP contribution in [-0.2, 0) is 13.0 Å². The second-order valence-electron chi connectivity index (χ2n) is 6.75. The lowest BCUT2D eigenvalue weighted by molar-refractivity contribution is 0.414. The third kappa shape index (κ3) is 5.93. The number of thiazole rings is 1. The van der Waals surface area contributed by atoms with E-state index in [0.717, 1.165) is 44.9 Å². The van der Waals surface area contributed by atoms with E-state index >= 15 is 0 Å². The fourth-order valence-electron chi connectivity index (χ4n) is 3.15. The molecule has 0 N–H and O–H groups in total. The van der Waals surface area contributed by atoms with Crippen LogP contribution in [0.25, 0.3) is 11.3 Å². The van der Waals surface area contributed by atoms with Gasteiger partial charge in [-0.2, -0.15) is 0 Å². The molecule has 0 spiro atoms. The number of hydrogen-bond donors (Lipinski definition) is 0. The maximum Gasteiger partial charge on any atom is 0.190 e. The molecule has 0 atom stereocenters. The summed E-state index contributed by atoms with van der Waals surface area (Å²) < 4.78 is 21.8. The predicted molar refractivity (Wildman–Crippen MR) is 134 cm³/mol. The van der Waals surface area contributed by atoms with Gasteiger partial charge >= 0.3 is 0 Å². The number of benzene rings is 3. The minimum atomic E-state index is -0.261. The molecule has 0 bridgehead atoms. The third-order valence-electron chi connectivity index (χ3n) is 4.77. The van der Waals surface area contributed by atoms with E-state index in [9.17, 15) is 4.39 Å². The first-order chi connectivity index (χ1) is 14.6. The lowest BCUT2D eigenvalue weighted by Crippen LogP contribution is -2.17. The van der Waals surface area contributed by atoms with E-state index in [-0.39, 0.29) is 22.8 Å². The molecule has 3 nitrogen and oxygen atoms in total. The van der Waals surface area contributed by atoms with Gasteiger partial charge in [-0.1, -0.05) is 40.2 Å². The van der Waals surface area contributed by atoms with Crippen LogP contribution in [0.1, 0.15) is 5.56 Å². The van der Waals surface area contributed by atoms with Gasteiger partial charge < -0.3 is 9.30 Å². The molecule has 4 aromatic rings. The van der Waals surface area contributed by atoms with Gasteiger partial charge in [0, 0.05) is 16.4 Å². The second kappa shape index (κ2) is 10.9. The second-order valence-corrected chi connectivity index (χ2v) is 8.50. The van der Waals surface area contributed by atoms with Gasteiger partial charge in [0.25, 0.3) is 0 Å². The highest BCUT2D eigenvalue weighted by Crippen LogP contribution is 2.24. The van der Waals surface area contributed by atoms with Crippen molar-refractivity contribution in [2.24, 2.45) is 4.99 Å². The summed E-state index contributed by atoms with van der Waals surface area (Å²) in [5.74, 6) is 0.590. The Morgan fingerprint density at radius 3 is 2.29 bits per heavy atom. The van der Waals surface area contributed by atoms with Crippen LogP contribution >= 0.6 is 44.2 Å². The molecular weight excluding hydrogens is 543 g/mol. The molecule has 160 valence electrons. The van der Waals surface area contributed by atoms with Crippen molar-refractivity contribution < 1.29 is 9.13 Å². The Morgan fingerprint density at radius 2 is 1.65 bits per heavy atom. The number of nitrogens with zero attached hydrogens (tertiary/aromatic N) is 2. The van der Waals surface area contributed by atoms with Gasteiger partial charge in [0.05, 0.1) is 18.5 Å². The lowest BCUT2D eigenvalue weighted by atomic mass is 10.1. The monoisotopic (exact) mass is 562 g/mol. The smallest absolute Gasteiger partial charge is 0.190 e. The fourth-order valence-corrected chi connectivity index (χ4v) is 4.36. The highest BCUT2D eigenvalue weighted by atomic mass is 79.9. The number of aromatic nitrogens is 1. The van der Waals surface area contributed by atoms with Crippen molar-refractivity contribution in [1.29, 1.82) is 0 Å². The molecule has 1 aromatic heterocycles. The van der Waals surface area contributed by atoms with Gasteiger partial charge in [-0.25, -0.2) is 9.38 Å². The van der Waals surface area contributed by atoms with E-state index in [0.29, 0.717) is 0 Å². The average molecular weight is 564 g/mol. The van der Waals surface area contributed by atoms with Crippen molar-refractivity contribution in [3.63, 3.8) is 0 Å². The molecular formula is C24H21Br2FN2OS. The molecule has 4 rings (SSSR count). The normalized spacial score (nSPS) is 11.3. The molecule has 0 unspecified atom stereocenters. The zero-order valence-corrected chi connectivity index (χ0v) is 20.9. The number of aryl methyl sites for hydroxylation is 1. The van der Waals surface area contributed by atoms with E-state index in [4.69, 9.17) is 9.73 Å². The van der Waals surface area contributed by atoms with Crippen molar-refractivity contribution in [1.82, 2.24) is 4.57 Å². The summed E-state index contributed by atoms with van der Waals surface area (Å²) in [4.78, 5) is 5.65. The molecule has 0 aliphatic carbocycles. The molecule has 0 radical (unpaired) electrons. The number of rotatable bonds is 6. The van der Waals surface area contributed by atoms with Crippen LogP contribution in [0.15, 0.2) is 87.6 Å². The Labute approximate surface area is 203 Å². The molecule has 7 heteroatoms. The van der Waals surface area contributed by atoms with E-state index in [1.54, 1.807) is 30.6 Å². The SMILES string of the molecule is Br.COc1ccc(CCn2c(-c3ccc(Br)cc3)csc2=Nc2ccc(F)cc2)cc1. The first kappa shape index (κ1) is 23.4. The highest BCUT2D eigenvalue weighted by Gasteiger charge is 2.09. The van der Waals surface area contributed by atoms with Crippen LogP contribution in [0, 0.1) is 5.82 Å². The maximum atomic E-state index is 13.3. The molecule has 0 amide bonds. The summed E-state index contributed by atoms with van der Waals surface area (Å²) in [6, 6.07) is 22.7. The van der Waals surface area contributed by atoms with E-state index in [1.807, 2.05) is 24.3 Å². The van der Waals surface area contributed by atoms with Gasteiger partial charge in [0.15, 0.2) is 4.80 Å². The summed E-state index contributed by atoms with van der Waals surface area (Å²) >= 11 is 5.09. The summed E-state index contributed by atoms with van der Waals surface area (Å²) in [5.41, 5.74) is 4.20. The Bertz CT molecular complexity index is 1180. The molecule has 0 saturated carbocycles. The maximum absolute atomic E-state index is 13.3. The summed E-state index contributed by atoms with van der Waals surface area (Å²) in [7, 11) is 1.67. The van der Waals surface area contributed by atoms with Crippen LogP contribution in [0.4, 0.5) is 10.1 Å². The molecule has 31 heavy (non-hydrogen) atoms. The topological polar surface area (TPSA) is 26.5 Å². The van der Waals surface area contributed by atoms with E-state index in [2.05, 4.69) is 50.1 Å². The minimum absolute atomic E-state index is 0. The largest absolute Gasteiger partial charge is 0.497 e. The number of hydrogen-bond acceptors (Lipinski definition) is 3. The van der Waals surface area contributed by atoms with Crippen molar-refractivity contribution in [3.8, 4) is 17.0 Å². The van der Waals surface area contributed by atoms with Gasteiger partial charge in [-0.3, -0.25) is 0 Å². The van der Waals surface area contributed by atoms with Crippen LogP contribution < -0.4 is 9.54 Å². The number of ether oxygens (including phenoxy) is 1. The Balaban J connectivity index is 0.00000272. The van der Waals surface area contributed by atoms with E-state index in [1.165, 1.54) is 17.7 Å². The quantitative estimate of drug-likeness (QED) is 0.244. The molecule has 0 aliphatic heterocycles. The van der Waals surface area contributed by atoms with Gasteiger partial charge in [-0.05, 0) is 66.1 Å². The lowest BCUT2D eigenvalue weighted by Gasteiger charge is -2.10. The van der Waals surface area contributed by atoms with Crippen molar-refractivity contribution in [3.05, 3.63) is 98.8 Å². The van der Waals surface area contributed by atoms with Crippen molar-refractivity contribution >= 4 is 49.9 Å². The third-order valence-corrected chi connectivity index (χ3v) is 6.16. The molecule has 3 aromatic carbocycles. The molecule has 0 aliphatic rings. The average Bonchev–Trinajstić information content (AvgIpc) is 3.17. The Kier molecular flexibility index (Phi) is 8.23. The molecule has 0 saturated heterocycles. The first-order valence-corrected chi connectivity index (χ1v) is 11.2. The van der Waals surface area contributed by atoms with Crippen molar-refractivity contribution in [2.75, 3.05) is 7.11 Å². The minimum Gasteiger partial charge on any atom is -0.497 e. The van der Waals surface area contributed by atoms with E-state index < -0.39 is 0 Å². The van der Waals surface area contributed by atoms with Crippen LogP contribution in [0.3, 0.4) is 0 Å². The number of methoxy groups -OCH3 is 1. The van der Waals surface area contributed by atoms with Gasteiger partial charge in [0.2, 0.25) is 0 Å². The van der Waals surface area contributed by atoms with Crippen LogP contribution in [0.2, 0.25) is 0 Å². The highest BCUT2D eigenvalue weighted by molar-refractivity contribution is 9.10. The zero-order chi connectivity index (χ0) is 20.9.